The van der Waals surface area contributed by atoms with Gasteiger partial charge in [-0.15, -0.1) is 0 Å². The van der Waals surface area contributed by atoms with E-state index in [0.29, 0.717) is 12.2 Å². The number of H-pyrrole nitrogens is 1. The Morgan fingerprint density at radius 3 is 2.90 bits per heavy atom. The molecule has 1 aliphatic heterocycles. The summed E-state index contributed by atoms with van der Waals surface area (Å²) in [7, 11) is 0. The van der Waals surface area contributed by atoms with E-state index in [0.717, 1.165) is 42.3 Å². The summed E-state index contributed by atoms with van der Waals surface area (Å²) in [6, 6.07) is 8.10. The first-order valence-electron chi connectivity index (χ1n) is 7.10. The van der Waals surface area contributed by atoms with Crippen LogP contribution in [-0.2, 0) is 4.74 Å². The number of benzene rings is 1. The third-order valence-electron chi connectivity index (χ3n) is 3.61. The maximum Gasteiger partial charge on any atom is 0.183 e. The Morgan fingerprint density at radius 1 is 1.35 bits per heavy atom. The molecule has 0 spiro atoms. The standard InChI is InChI=1S/C15H20N4O/c1-10-7-8-12(20-10)9-16-14-6-4-3-5-13(14)15-17-11(2)18-19-15/h3-6,10,12,16H,7-9H2,1-2H3,(H,17,18,19). The molecule has 5 nitrogen and oxygen atoms in total. The molecule has 1 fully saturated rings. The lowest BCUT2D eigenvalue weighted by atomic mass is 10.1. The SMILES string of the molecule is Cc1nc(-c2ccccc2NCC2CCC(C)O2)n[nH]1. The highest BCUT2D eigenvalue weighted by atomic mass is 16.5. The van der Waals surface area contributed by atoms with Crippen LogP contribution in [0.4, 0.5) is 5.69 Å². The number of rotatable bonds is 4. The maximum atomic E-state index is 5.83. The van der Waals surface area contributed by atoms with Crippen molar-refractivity contribution in [3.63, 3.8) is 0 Å². The van der Waals surface area contributed by atoms with Gasteiger partial charge >= 0.3 is 0 Å². The van der Waals surface area contributed by atoms with Gasteiger partial charge in [0, 0.05) is 17.8 Å². The van der Waals surface area contributed by atoms with Crippen LogP contribution >= 0.6 is 0 Å². The Labute approximate surface area is 118 Å². The first-order valence-corrected chi connectivity index (χ1v) is 7.10. The molecule has 3 rings (SSSR count). The van der Waals surface area contributed by atoms with Crippen molar-refractivity contribution in [2.75, 3.05) is 11.9 Å². The molecule has 20 heavy (non-hydrogen) atoms. The molecular formula is C15H20N4O. The summed E-state index contributed by atoms with van der Waals surface area (Å²) in [6.07, 6.45) is 2.95. The summed E-state index contributed by atoms with van der Waals surface area (Å²) in [6.45, 7) is 4.86. The van der Waals surface area contributed by atoms with Gasteiger partial charge in [-0.3, -0.25) is 5.10 Å². The number of nitrogens with zero attached hydrogens (tertiary/aromatic N) is 2. The van der Waals surface area contributed by atoms with Crippen LogP contribution in [0.1, 0.15) is 25.6 Å². The first kappa shape index (κ1) is 13.1. The molecule has 106 valence electrons. The molecule has 1 aromatic heterocycles. The molecule has 0 amide bonds. The normalized spacial score (nSPS) is 22.1. The van der Waals surface area contributed by atoms with Crippen LogP contribution in [0.5, 0.6) is 0 Å². The van der Waals surface area contributed by atoms with E-state index in [1.165, 1.54) is 0 Å². The van der Waals surface area contributed by atoms with Gasteiger partial charge in [-0.2, -0.15) is 5.10 Å². The summed E-state index contributed by atoms with van der Waals surface area (Å²) in [5, 5.41) is 10.6. The molecule has 1 saturated heterocycles. The molecule has 1 aliphatic rings. The summed E-state index contributed by atoms with van der Waals surface area (Å²) in [4.78, 5) is 4.40. The number of ether oxygens (including phenoxy) is 1. The fourth-order valence-corrected chi connectivity index (χ4v) is 2.55. The Bertz CT molecular complexity index is 581. The molecule has 2 unspecified atom stereocenters. The van der Waals surface area contributed by atoms with E-state index in [-0.39, 0.29) is 0 Å². The number of aromatic nitrogens is 3. The van der Waals surface area contributed by atoms with Crippen molar-refractivity contribution >= 4 is 5.69 Å². The summed E-state index contributed by atoms with van der Waals surface area (Å²) in [5.41, 5.74) is 2.07. The minimum Gasteiger partial charge on any atom is -0.382 e. The Balaban J connectivity index is 1.73. The quantitative estimate of drug-likeness (QED) is 0.898. The molecule has 0 aliphatic carbocycles. The molecule has 0 saturated carbocycles. The van der Waals surface area contributed by atoms with Crippen molar-refractivity contribution < 1.29 is 4.74 Å². The molecule has 2 heterocycles. The second-order valence-corrected chi connectivity index (χ2v) is 5.32. The maximum absolute atomic E-state index is 5.83. The van der Waals surface area contributed by atoms with E-state index in [4.69, 9.17) is 4.74 Å². The van der Waals surface area contributed by atoms with Gasteiger partial charge in [0.05, 0.1) is 12.2 Å². The zero-order chi connectivity index (χ0) is 13.9. The number of aryl methyl sites for hydroxylation is 1. The van der Waals surface area contributed by atoms with Crippen LogP contribution in [-0.4, -0.2) is 33.9 Å². The van der Waals surface area contributed by atoms with Gasteiger partial charge in [0.1, 0.15) is 5.82 Å². The highest BCUT2D eigenvalue weighted by Gasteiger charge is 2.21. The van der Waals surface area contributed by atoms with Crippen LogP contribution in [0.15, 0.2) is 24.3 Å². The smallest absolute Gasteiger partial charge is 0.183 e. The monoisotopic (exact) mass is 272 g/mol. The lowest BCUT2D eigenvalue weighted by Gasteiger charge is -2.15. The van der Waals surface area contributed by atoms with Gasteiger partial charge in [-0.05, 0) is 38.8 Å². The molecule has 1 aromatic carbocycles. The van der Waals surface area contributed by atoms with Gasteiger partial charge in [0.15, 0.2) is 5.82 Å². The number of hydrogen-bond donors (Lipinski definition) is 2. The first-order chi connectivity index (χ1) is 9.72. The molecule has 2 N–H and O–H groups in total. The fourth-order valence-electron chi connectivity index (χ4n) is 2.55. The van der Waals surface area contributed by atoms with Gasteiger partial charge in [0.25, 0.3) is 0 Å². The molecule has 0 radical (unpaired) electrons. The number of para-hydroxylation sites is 1. The van der Waals surface area contributed by atoms with E-state index in [2.05, 4.69) is 33.5 Å². The number of anilines is 1. The van der Waals surface area contributed by atoms with Crippen molar-refractivity contribution in [2.24, 2.45) is 0 Å². The second kappa shape index (κ2) is 5.63. The van der Waals surface area contributed by atoms with Crippen LogP contribution in [0.2, 0.25) is 0 Å². The van der Waals surface area contributed by atoms with Crippen molar-refractivity contribution in [1.29, 1.82) is 0 Å². The highest BCUT2D eigenvalue weighted by Crippen LogP contribution is 2.26. The summed E-state index contributed by atoms with van der Waals surface area (Å²) in [5.74, 6) is 1.55. The predicted molar refractivity (Wildman–Crippen MR) is 78.6 cm³/mol. The molecule has 5 heteroatoms. The molecule has 2 aromatic rings. The average Bonchev–Trinajstić information content (AvgIpc) is 3.06. The van der Waals surface area contributed by atoms with Crippen molar-refractivity contribution in [3.8, 4) is 11.4 Å². The summed E-state index contributed by atoms with van der Waals surface area (Å²) < 4.78 is 5.83. The number of aromatic amines is 1. The second-order valence-electron chi connectivity index (χ2n) is 5.32. The van der Waals surface area contributed by atoms with E-state index in [9.17, 15) is 0 Å². The van der Waals surface area contributed by atoms with Crippen LogP contribution < -0.4 is 5.32 Å². The van der Waals surface area contributed by atoms with E-state index in [1.807, 2.05) is 25.1 Å². The van der Waals surface area contributed by atoms with Gasteiger partial charge < -0.3 is 10.1 Å². The van der Waals surface area contributed by atoms with E-state index < -0.39 is 0 Å². The van der Waals surface area contributed by atoms with Gasteiger partial charge in [-0.25, -0.2) is 4.98 Å². The van der Waals surface area contributed by atoms with Gasteiger partial charge in [0.2, 0.25) is 0 Å². The summed E-state index contributed by atoms with van der Waals surface area (Å²) >= 11 is 0. The molecule has 0 bridgehead atoms. The zero-order valence-electron chi connectivity index (χ0n) is 11.9. The number of hydrogen-bond acceptors (Lipinski definition) is 4. The van der Waals surface area contributed by atoms with Crippen molar-refractivity contribution in [2.45, 2.75) is 38.9 Å². The van der Waals surface area contributed by atoms with E-state index >= 15 is 0 Å². The van der Waals surface area contributed by atoms with Gasteiger partial charge in [-0.1, -0.05) is 12.1 Å². The minimum atomic E-state index is 0.298. The Morgan fingerprint density at radius 2 is 2.20 bits per heavy atom. The van der Waals surface area contributed by atoms with E-state index in [1.54, 1.807) is 0 Å². The van der Waals surface area contributed by atoms with Crippen LogP contribution in [0.25, 0.3) is 11.4 Å². The predicted octanol–water partition coefficient (Wildman–Crippen LogP) is 2.76. The van der Waals surface area contributed by atoms with Crippen LogP contribution in [0.3, 0.4) is 0 Å². The highest BCUT2D eigenvalue weighted by molar-refractivity contribution is 5.73. The van der Waals surface area contributed by atoms with Crippen molar-refractivity contribution in [3.05, 3.63) is 30.1 Å². The van der Waals surface area contributed by atoms with Crippen molar-refractivity contribution in [1.82, 2.24) is 15.2 Å². The fraction of sp³-hybridized carbons (Fsp3) is 0.467. The largest absolute Gasteiger partial charge is 0.382 e. The topological polar surface area (TPSA) is 62.8 Å². The Kier molecular flexibility index (Phi) is 3.69. The van der Waals surface area contributed by atoms with Crippen LogP contribution in [0, 0.1) is 6.92 Å². The average molecular weight is 272 g/mol. The molecule has 2 atom stereocenters. The minimum absolute atomic E-state index is 0.298. The zero-order valence-corrected chi connectivity index (χ0v) is 11.9. The molecular weight excluding hydrogens is 252 g/mol. The Hall–Kier alpha value is -1.88. The third kappa shape index (κ3) is 2.82. The lowest BCUT2D eigenvalue weighted by molar-refractivity contribution is 0.0637. The lowest BCUT2D eigenvalue weighted by Crippen LogP contribution is -2.20. The third-order valence-corrected chi connectivity index (χ3v) is 3.61. The number of nitrogens with one attached hydrogen (secondary N) is 2.